The second kappa shape index (κ2) is 10.9. The Morgan fingerprint density at radius 1 is 0.615 bits per heavy atom. The fourth-order valence-corrected chi connectivity index (χ4v) is 2.64. The van der Waals surface area contributed by atoms with Gasteiger partial charge in [-0.05, 0) is 33.6 Å². The first-order valence-electron chi connectivity index (χ1n) is 8.00. The summed E-state index contributed by atoms with van der Waals surface area (Å²) in [7, 11) is 8.12. The van der Waals surface area contributed by atoms with Gasteiger partial charge in [-0.25, -0.2) is 0 Å². The first kappa shape index (κ1) is 24.0. The van der Waals surface area contributed by atoms with Crippen LogP contribution in [0.3, 0.4) is 0 Å². The molecule has 0 aliphatic heterocycles. The number of fused-ring (bicyclic) bond motifs is 1. The van der Waals surface area contributed by atoms with E-state index in [9.17, 15) is 0 Å². The molecule has 0 aromatic heterocycles. The zero-order valence-corrected chi connectivity index (χ0v) is 18.5. The van der Waals surface area contributed by atoms with Crippen LogP contribution in [0, 0.1) is 21.3 Å². The van der Waals surface area contributed by atoms with Crippen molar-refractivity contribution in [3.05, 3.63) is 93.1 Å². The molecule has 3 aromatic rings. The summed E-state index contributed by atoms with van der Waals surface area (Å²) in [6.45, 7) is 7.95. The van der Waals surface area contributed by atoms with Gasteiger partial charge in [-0.1, -0.05) is 59.2 Å². The number of rotatable bonds is 2. The van der Waals surface area contributed by atoms with Gasteiger partial charge in [0.15, 0.2) is 0 Å². The van der Waals surface area contributed by atoms with Gasteiger partial charge >= 0.3 is 25.8 Å². The van der Waals surface area contributed by atoms with Crippen LogP contribution in [0.4, 0.5) is 11.4 Å². The molecule has 0 aliphatic carbocycles. The summed E-state index contributed by atoms with van der Waals surface area (Å²) in [5.41, 5.74) is 4.52. The van der Waals surface area contributed by atoms with Crippen LogP contribution in [0.15, 0.2) is 60.7 Å². The maximum atomic E-state index is 4.05. The summed E-state index contributed by atoms with van der Waals surface area (Å²) in [5.74, 6) is 0. The van der Waals surface area contributed by atoms with Crippen LogP contribution in [-0.2, 0) is 25.8 Å². The summed E-state index contributed by atoms with van der Waals surface area (Å²) in [6.07, 6.45) is 0. The zero-order valence-electron chi connectivity index (χ0n) is 16.7. The van der Waals surface area contributed by atoms with E-state index in [1.165, 1.54) is 22.1 Å². The van der Waals surface area contributed by atoms with E-state index < -0.39 is 0 Å². The molecule has 3 rings (SSSR count). The second-order valence-corrected chi connectivity index (χ2v) is 6.25. The number of anilines is 2. The number of hydrogen-bond acceptors (Lipinski definition) is 2. The molecule has 2 nitrogen and oxygen atoms in total. The molecule has 0 aliphatic rings. The largest absolute Gasteiger partial charge is 3.00 e. The molecule has 26 heavy (non-hydrogen) atoms. The van der Waals surface area contributed by atoms with Crippen LogP contribution >= 0.6 is 0 Å². The normalized spacial score (nSPS) is 9.23. The Kier molecular flexibility index (Phi) is 10.0. The van der Waals surface area contributed by atoms with Crippen LogP contribution < -0.4 is 9.80 Å². The van der Waals surface area contributed by atoms with E-state index in [0.29, 0.717) is 0 Å². The molecule has 0 saturated carbocycles. The third-order valence-corrected chi connectivity index (χ3v) is 3.90. The van der Waals surface area contributed by atoms with Gasteiger partial charge in [0.1, 0.15) is 0 Å². The van der Waals surface area contributed by atoms with E-state index in [-0.39, 0.29) is 33.3 Å². The second-order valence-electron chi connectivity index (χ2n) is 6.25. The molecule has 0 atom stereocenters. The summed E-state index contributed by atoms with van der Waals surface area (Å²) in [4.78, 5) is 4.15. The molecule has 0 radical (unpaired) electrons. The fourth-order valence-electron chi connectivity index (χ4n) is 2.64. The van der Waals surface area contributed by atoms with Gasteiger partial charge in [0.25, 0.3) is 0 Å². The summed E-state index contributed by atoms with van der Waals surface area (Å²) < 4.78 is 0. The minimum atomic E-state index is 0. The van der Waals surface area contributed by atoms with Crippen molar-refractivity contribution in [1.29, 1.82) is 0 Å². The number of nitrogens with zero attached hydrogens (tertiary/aromatic N) is 2. The van der Waals surface area contributed by atoms with Crippen molar-refractivity contribution in [3.8, 4) is 0 Å². The van der Waals surface area contributed by atoms with Crippen LogP contribution in [0.1, 0.15) is 11.1 Å². The minimum Gasteiger partial charge on any atom is -0.428 e. The predicted octanol–water partition coefficient (Wildman–Crippen LogP) is 5.47. The van der Waals surface area contributed by atoms with Crippen molar-refractivity contribution in [3.63, 3.8) is 0 Å². The van der Waals surface area contributed by atoms with Crippen molar-refractivity contribution in [2.45, 2.75) is 0 Å². The predicted molar refractivity (Wildman–Crippen MR) is 114 cm³/mol. The number of hydrogen-bond donors (Lipinski definition) is 0. The summed E-state index contributed by atoms with van der Waals surface area (Å²) in [6, 6.07) is 20.7. The van der Waals surface area contributed by atoms with Gasteiger partial charge in [0.2, 0.25) is 0 Å². The molecule has 0 heterocycles. The van der Waals surface area contributed by atoms with E-state index >= 15 is 0 Å². The van der Waals surface area contributed by atoms with Gasteiger partial charge in [-0.2, -0.15) is 37.1 Å². The molecule has 132 valence electrons. The Bertz CT molecular complexity index is 810. The Balaban J connectivity index is 0.000000469. The van der Waals surface area contributed by atoms with Gasteiger partial charge in [-0.15, -0.1) is 6.07 Å². The molecule has 3 heteroatoms. The monoisotopic (exact) mass is 378 g/mol. The Hall–Kier alpha value is -2.00. The van der Waals surface area contributed by atoms with E-state index in [1.54, 1.807) is 0 Å². The maximum Gasteiger partial charge on any atom is 3.00 e. The van der Waals surface area contributed by atoms with Crippen molar-refractivity contribution >= 4 is 22.1 Å². The molecule has 0 amide bonds. The quantitative estimate of drug-likeness (QED) is 0.546. The molecule has 0 unspecified atom stereocenters. The van der Waals surface area contributed by atoms with Crippen LogP contribution in [0.2, 0.25) is 0 Å². The van der Waals surface area contributed by atoms with Gasteiger partial charge in [0, 0.05) is 7.43 Å². The van der Waals surface area contributed by atoms with Crippen molar-refractivity contribution in [2.24, 2.45) is 0 Å². The Labute approximate surface area is 178 Å². The molecule has 0 N–H and O–H groups in total. The average molecular weight is 378 g/mol. The Morgan fingerprint density at radius 3 is 1.54 bits per heavy atom. The molecule has 3 aromatic carbocycles. The minimum absolute atomic E-state index is 0. The van der Waals surface area contributed by atoms with E-state index in [2.05, 4.69) is 66.1 Å². The van der Waals surface area contributed by atoms with E-state index in [4.69, 9.17) is 0 Å². The molecular formula is C23H29N2Sc+2. The standard InChI is InChI=1S/C13H14N.C9H12N.CH3.Sc/c1-10-8-11-6-4-5-7-12(11)9-13(10)14(2)3;1-8-6-4-5-7-9(8)10(2)3;;/h4-9H,1H2,2-3H3;4-7H,1H2,2-3H3;1H3;/q2*-1;+1;+3. The van der Waals surface area contributed by atoms with E-state index in [0.717, 1.165) is 11.1 Å². The van der Waals surface area contributed by atoms with Crippen LogP contribution in [0.25, 0.3) is 10.8 Å². The van der Waals surface area contributed by atoms with Crippen molar-refractivity contribution in [1.82, 2.24) is 0 Å². The molecular weight excluding hydrogens is 349 g/mol. The molecule has 0 saturated heterocycles. The van der Waals surface area contributed by atoms with Gasteiger partial charge in [0.05, 0.1) is 0 Å². The third-order valence-electron chi connectivity index (χ3n) is 3.90. The van der Waals surface area contributed by atoms with Crippen molar-refractivity contribution < 1.29 is 25.8 Å². The smallest absolute Gasteiger partial charge is 0.428 e. The summed E-state index contributed by atoms with van der Waals surface area (Å²) in [5, 5.41) is 2.52. The van der Waals surface area contributed by atoms with Gasteiger partial charge in [-0.3, -0.25) is 0 Å². The first-order chi connectivity index (χ1) is 11.4. The van der Waals surface area contributed by atoms with Crippen LogP contribution in [0.5, 0.6) is 0 Å². The molecule has 0 bridgehead atoms. The van der Waals surface area contributed by atoms with Crippen LogP contribution in [-0.4, -0.2) is 28.2 Å². The number of benzene rings is 3. The van der Waals surface area contributed by atoms with Gasteiger partial charge < -0.3 is 9.80 Å². The average Bonchev–Trinajstić information content (AvgIpc) is 2.54. The van der Waals surface area contributed by atoms with E-state index in [1.807, 2.05) is 46.4 Å². The Morgan fingerprint density at radius 2 is 1.08 bits per heavy atom. The molecule has 0 spiro atoms. The fraction of sp³-hybridized carbons (Fsp3) is 0.174. The topological polar surface area (TPSA) is 6.48 Å². The zero-order chi connectivity index (χ0) is 17.7. The summed E-state index contributed by atoms with van der Waals surface area (Å²) >= 11 is 0. The third kappa shape index (κ3) is 6.06. The number of para-hydroxylation sites is 1. The molecule has 0 fully saturated rings. The van der Waals surface area contributed by atoms with Crippen molar-refractivity contribution in [2.75, 3.05) is 38.0 Å². The maximum absolute atomic E-state index is 4.05. The SMILES string of the molecule is [CH2-]c1cc2ccccc2cc1N(C)C.[CH2-]c1ccccc1N(C)C.[CH3+].[Sc+3]. The first-order valence-corrected chi connectivity index (χ1v) is 8.00.